The molecule has 0 saturated heterocycles. The van der Waals surface area contributed by atoms with Crippen LogP contribution in [0.4, 0.5) is 5.69 Å². The van der Waals surface area contributed by atoms with Crippen LogP contribution in [0.5, 0.6) is 0 Å². The summed E-state index contributed by atoms with van der Waals surface area (Å²) >= 11 is 6.48. The number of para-hydroxylation sites is 1. The number of ether oxygens (including phenoxy) is 1. The number of benzene rings is 2. The van der Waals surface area contributed by atoms with Gasteiger partial charge in [0.1, 0.15) is 0 Å². The van der Waals surface area contributed by atoms with Gasteiger partial charge >= 0.3 is 5.97 Å². The maximum atomic E-state index is 12.6. The summed E-state index contributed by atoms with van der Waals surface area (Å²) < 4.78 is 5.22. The minimum atomic E-state index is -1.61. The van der Waals surface area contributed by atoms with E-state index in [0.29, 0.717) is 27.4 Å². The molecular formula is C26H24ClN3O2. The third-order valence-electron chi connectivity index (χ3n) is 5.92. The summed E-state index contributed by atoms with van der Waals surface area (Å²) in [4.78, 5) is 17.5. The van der Waals surface area contributed by atoms with Crippen molar-refractivity contribution in [2.24, 2.45) is 10.4 Å². The molecule has 2 aromatic carbocycles. The first-order valence-corrected chi connectivity index (χ1v) is 10.8. The number of allylic oxidation sites excluding steroid dienone is 1. The predicted octanol–water partition coefficient (Wildman–Crippen LogP) is 6.13. The molecule has 0 aliphatic heterocycles. The molecule has 2 aromatic rings. The molecular weight excluding hydrogens is 422 g/mol. The van der Waals surface area contributed by atoms with Crippen LogP contribution in [0.3, 0.4) is 0 Å². The molecule has 1 saturated carbocycles. The first-order valence-electron chi connectivity index (χ1n) is 10.4. The summed E-state index contributed by atoms with van der Waals surface area (Å²) in [6.07, 6.45) is 0.277. The lowest BCUT2D eigenvalue weighted by Gasteiger charge is -2.23. The van der Waals surface area contributed by atoms with E-state index in [4.69, 9.17) is 21.3 Å². The van der Waals surface area contributed by atoms with Gasteiger partial charge in [-0.3, -0.25) is 0 Å². The van der Waals surface area contributed by atoms with Crippen molar-refractivity contribution in [1.82, 2.24) is 0 Å². The quantitative estimate of drug-likeness (QED) is 0.418. The van der Waals surface area contributed by atoms with Crippen molar-refractivity contribution >= 4 is 29.0 Å². The summed E-state index contributed by atoms with van der Waals surface area (Å²) in [6.45, 7) is 7.46. The molecule has 5 nitrogen and oxygen atoms in total. The van der Waals surface area contributed by atoms with Crippen LogP contribution in [0.25, 0.3) is 0 Å². The van der Waals surface area contributed by atoms with Gasteiger partial charge in [-0.25, -0.2) is 9.79 Å². The Labute approximate surface area is 193 Å². The highest BCUT2D eigenvalue weighted by molar-refractivity contribution is 6.31. The summed E-state index contributed by atoms with van der Waals surface area (Å²) in [5.41, 5.74) is 2.77. The van der Waals surface area contributed by atoms with E-state index >= 15 is 0 Å². The maximum absolute atomic E-state index is 12.6. The lowest BCUT2D eigenvalue weighted by atomic mass is 9.75. The first kappa shape index (κ1) is 23.3. The average Bonchev–Trinajstić information content (AvgIpc) is 3.10. The highest BCUT2D eigenvalue weighted by atomic mass is 35.5. The van der Waals surface area contributed by atoms with E-state index in [-0.39, 0.29) is 18.7 Å². The van der Waals surface area contributed by atoms with Crippen molar-refractivity contribution in [2.45, 2.75) is 40.0 Å². The predicted molar refractivity (Wildman–Crippen MR) is 125 cm³/mol. The van der Waals surface area contributed by atoms with Crippen LogP contribution in [-0.4, -0.2) is 18.3 Å². The van der Waals surface area contributed by atoms with E-state index in [0.717, 1.165) is 11.1 Å². The number of aryl methyl sites for hydroxylation is 2. The van der Waals surface area contributed by atoms with E-state index in [9.17, 15) is 15.3 Å². The van der Waals surface area contributed by atoms with Gasteiger partial charge in [0.2, 0.25) is 0 Å². The topological polar surface area (TPSA) is 86.2 Å². The largest absolute Gasteiger partial charge is 0.463 e. The number of rotatable bonds is 4. The number of carbonyl (C=O) groups excluding carboxylic acids is 1. The van der Waals surface area contributed by atoms with Crippen LogP contribution in [0.1, 0.15) is 42.9 Å². The van der Waals surface area contributed by atoms with Crippen molar-refractivity contribution in [3.05, 3.63) is 75.3 Å². The van der Waals surface area contributed by atoms with Gasteiger partial charge in [0.25, 0.3) is 0 Å². The minimum Gasteiger partial charge on any atom is -0.463 e. The van der Waals surface area contributed by atoms with Gasteiger partial charge in [0.05, 0.1) is 30.1 Å². The average molecular weight is 446 g/mol. The van der Waals surface area contributed by atoms with Gasteiger partial charge < -0.3 is 4.74 Å². The fourth-order valence-corrected chi connectivity index (χ4v) is 4.45. The van der Waals surface area contributed by atoms with Crippen molar-refractivity contribution in [2.75, 3.05) is 6.61 Å². The zero-order valence-electron chi connectivity index (χ0n) is 18.6. The molecule has 0 spiro atoms. The third-order valence-corrected chi connectivity index (χ3v) is 6.27. The maximum Gasteiger partial charge on any atom is 0.334 e. The molecule has 1 aliphatic rings. The first-order chi connectivity index (χ1) is 15.3. The van der Waals surface area contributed by atoms with Crippen LogP contribution in [0.2, 0.25) is 5.02 Å². The Bertz CT molecular complexity index is 1180. The fraction of sp³-hybridized carbons (Fsp3) is 0.308. The van der Waals surface area contributed by atoms with Crippen molar-refractivity contribution < 1.29 is 9.53 Å². The van der Waals surface area contributed by atoms with Crippen LogP contribution >= 0.6 is 11.6 Å². The SMILES string of the molecule is CCOC(=O)/C(C)=C1\CC(c2ccccc2Cl)C(C#N)(C#N)C1=Nc1c(C)cccc1C. The van der Waals surface area contributed by atoms with E-state index in [1.54, 1.807) is 26.0 Å². The molecule has 1 aliphatic carbocycles. The highest BCUT2D eigenvalue weighted by Crippen LogP contribution is 2.52. The van der Waals surface area contributed by atoms with Crippen LogP contribution < -0.4 is 0 Å². The molecule has 1 unspecified atom stereocenters. The lowest BCUT2D eigenvalue weighted by Crippen LogP contribution is -2.29. The summed E-state index contributed by atoms with van der Waals surface area (Å²) in [5.74, 6) is -1.06. The van der Waals surface area contributed by atoms with E-state index < -0.39 is 17.3 Å². The lowest BCUT2D eigenvalue weighted by molar-refractivity contribution is -0.138. The Hall–Kier alpha value is -3.41. The smallest absolute Gasteiger partial charge is 0.334 e. The fourth-order valence-electron chi connectivity index (χ4n) is 4.19. The molecule has 162 valence electrons. The van der Waals surface area contributed by atoms with Crippen LogP contribution in [-0.2, 0) is 9.53 Å². The Kier molecular flexibility index (Phi) is 6.82. The van der Waals surface area contributed by atoms with Crippen LogP contribution in [0.15, 0.2) is 58.6 Å². The number of esters is 1. The second-order valence-electron chi connectivity index (χ2n) is 7.83. The molecule has 0 bridgehead atoms. The van der Waals surface area contributed by atoms with Crippen LogP contribution in [0, 0.1) is 41.9 Å². The third kappa shape index (κ3) is 3.93. The van der Waals surface area contributed by atoms with Gasteiger partial charge in [-0.1, -0.05) is 48.0 Å². The number of nitriles is 2. The Balaban J connectivity index is 2.37. The molecule has 0 amide bonds. The monoisotopic (exact) mass is 445 g/mol. The summed E-state index contributed by atoms with van der Waals surface area (Å²) in [7, 11) is 0. The molecule has 0 N–H and O–H groups in total. The molecule has 0 radical (unpaired) electrons. The van der Waals surface area contributed by atoms with E-state index in [1.807, 2.05) is 44.2 Å². The van der Waals surface area contributed by atoms with Crippen molar-refractivity contribution in [1.29, 1.82) is 10.5 Å². The number of hydrogen-bond donors (Lipinski definition) is 0. The molecule has 3 rings (SSSR count). The highest BCUT2D eigenvalue weighted by Gasteiger charge is 2.54. The number of halogens is 1. The number of carbonyl (C=O) groups is 1. The molecule has 6 heteroatoms. The van der Waals surface area contributed by atoms with E-state index in [1.165, 1.54) is 0 Å². The molecule has 0 heterocycles. The second kappa shape index (κ2) is 9.39. The van der Waals surface area contributed by atoms with E-state index in [2.05, 4.69) is 12.1 Å². The summed E-state index contributed by atoms with van der Waals surface area (Å²) in [5, 5.41) is 21.1. The van der Waals surface area contributed by atoms with Gasteiger partial charge in [0, 0.05) is 16.5 Å². The number of aliphatic imine (C=N–C) groups is 1. The van der Waals surface area contributed by atoms with Gasteiger partial charge in [-0.05, 0) is 62.4 Å². The number of hydrogen-bond acceptors (Lipinski definition) is 5. The summed E-state index contributed by atoms with van der Waals surface area (Å²) in [6, 6.07) is 17.4. The second-order valence-corrected chi connectivity index (χ2v) is 8.24. The molecule has 32 heavy (non-hydrogen) atoms. The Morgan fingerprint density at radius 3 is 2.34 bits per heavy atom. The minimum absolute atomic E-state index is 0.225. The Morgan fingerprint density at radius 1 is 1.16 bits per heavy atom. The zero-order valence-corrected chi connectivity index (χ0v) is 19.3. The van der Waals surface area contributed by atoms with Gasteiger partial charge in [-0.15, -0.1) is 0 Å². The normalized spacial score (nSPS) is 19.8. The standard InChI is InChI=1S/C26H24ClN3O2/c1-5-32-25(31)18(4)20-13-21(19-11-6-7-12-22(19)27)26(14-28,15-29)24(20)30-23-16(2)9-8-10-17(23)3/h6-12,21H,5,13H2,1-4H3/b20-18+,30-24?. The van der Waals surface area contributed by atoms with Crippen molar-refractivity contribution in [3.8, 4) is 12.1 Å². The number of nitrogens with zero attached hydrogens (tertiary/aromatic N) is 3. The zero-order chi connectivity index (χ0) is 23.5. The van der Waals surface area contributed by atoms with Gasteiger partial charge in [0.15, 0.2) is 5.41 Å². The van der Waals surface area contributed by atoms with Crippen molar-refractivity contribution in [3.63, 3.8) is 0 Å². The molecule has 1 atom stereocenters. The van der Waals surface area contributed by atoms with Gasteiger partial charge in [-0.2, -0.15) is 10.5 Å². The molecule has 1 fully saturated rings. The molecule has 0 aromatic heterocycles. The Morgan fingerprint density at radius 2 is 1.78 bits per heavy atom.